The predicted molar refractivity (Wildman–Crippen MR) is 67.1 cm³/mol. The van der Waals surface area contributed by atoms with E-state index in [1.54, 1.807) is 0 Å². The zero-order valence-corrected chi connectivity index (χ0v) is 10.1. The van der Waals surface area contributed by atoms with Crippen molar-refractivity contribution in [2.45, 2.75) is 31.7 Å². The number of carboxylic acids is 1. The number of rotatable bonds is 5. The first-order valence-electron chi connectivity index (χ1n) is 6.21. The molecule has 0 heterocycles. The van der Waals surface area contributed by atoms with Crippen molar-refractivity contribution in [1.29, 1.82) is 0 Å². The number of hydrogen-bond donors (Lipinski definition) is 2. The molecule has 0 aromatic heterocycles. The maximum atomic E-state index is 11.6. The van der Waals surface area contributed by atoms with Crippen molar-refractivity contribution in [2.24, 2.45) is 5.92 Å². The number of aryl methyl sites for hydroxylation is 1. The number of carboxylic acid groups (broad SMARTS) is 1. The van der Waals surface area contributed by atoms with Crippen LogP contribution in [0.25, 0.3) is 0 Å². The maximum absolute atomic E-state index is 11.6. The molecule has 0 aliphatic heterocycles. The summed E-state index contributed by atoms with van der Waals surface area (Å²) in [6, 6.07) is 9.90. The Kier molecular flexibility index (Phi) is 3.97. The Morgan fingerprint density at radius 2 is 1.89 bits per heavy atom. The highest BCUT2D eigenvalue weighted by molar-refractivity contribution is 5.77. The third-order valence-electron chi connectivity index (χ3n) is 3.34. The Morgan fingerprint density at radius 1 is 1.22 bits per heavy atom. The van der Waals surface area contributed by atoms with E-state index in [-0.39, 0.29) is 17.9 Å². The zero-order chi connectivity index (χ0) is 13.0. The molecule has 1 amide bonds. The number of carbonyl (C=O) groups excluding carboxylic acids is 1. The van der Waals surface area contributed by atoms with Gasteiger partial charge in [0.05, 0.1) is 5.92 Å². The van der Waals surface area contributed by atoms with E-state index in [4.69, 9.17) is 5.11 Å². The normalized spacial score (nSPS) is 22.0. The van der Waals surface area contributed by atoms with Gasteiger partial charge in [0.2, 0.25) is 5.91 Å². The molecule has 96 valence electrons. The average Bonchev–Trinajstić information content (AvgIpc) is 2.31. The van der Waals surface area contributed by atoms with Gasteiger partial charge in [0, 0.05) is 12.5 Å². The first kappa shape index (κ1) is 12.6. The topological polar surface area (TPSA) is 66.4 Å². The van der Waals surface area contributed by atoms with Crippen LogP contribution in [-0.4, -0.2) is 23.0 Å². The van der Waals surface area contributed by atoms with Crippen LogP contribution in [0.15, 0.2) is 30.3 Å². The van der Waals surface area contributed by atoms with Crippen molar-refractivity contribution in [1.82, 2.24) is 5.32 Å². The van der Waals surface area contributed by atoms with Gasteiger partial charge in [-0.2, -0.15) is 0 Å². The van der Waals surface area contributed by atoms with Gasteiger partial charge in [-0.1, -0.05) is 30.3 Å². The molecule has 1 aromatic rings. The summed E-state index contributed by atoms with van der Waals surface area (Å²) in [5.41, 5.74) is 1.14. The molecule has 1 fully saturated rings. The van der Waals surface area contributed by atoms with Crippen LogP contribution in [0.1, 0.15) is 24.8 Å². The third kappa shape index (κ3) is 3.32. The van der Waals surface area contributed by atoms with Gasteiger partial charge in [0.25, 0.3) is 0 Å². The van der Waals surface area contributed by atoms with Crippen molar-refractivity contribution >= 4 is 11.9 Å². The molecule has 1 aromatic carbocycles. The second-order valence-electron chi connectivity index (χ2n) is 4.76. The summed E-state index contributed by atoms with van der Waals surface area (Å²) in [5, 5.41) is 11.6. The van der Waals surface area contributed by atoms with Gasteiger partial charge < -0.3 is 10.4 Å². The molecule has 0 radical (unpaired) electrons. The smallest absolute Gasteiger partial charge is 0.306 e. The van der Waals surface area contributed by atoms with Crippen molar-refractivity contribution in [3.63, 3.8) is 0 Å². The number of nitrogens with one attached hydrogen (secondary N) is 1. The van der Waals surface area contributed by atoms with Gasteiger partial charge >= 0.3 is 5.97 Å². The van der Waals surface area contributed by atoms with Gasteiger partial charge in [0.15, 0.2) is 0 Å². The Labute approximate surface area is 106 Å². The summed E-state index contributed by atoms with van der Waals surface area (Å²) >= 11 is 0. The van der Waals surface area contributed by atoms with E-state index in [0.29, 0.717) is 19.3 Å². The summed E-state index contributed by atoms with van der Waals surface area (Å²) in [6.45, 7) is 0. The van der Waals surface area contributed by atoms with E-state index < -0.39 is 5.97 Å². The quantitative estimate of drug-likeness (QED) is 0.830. The highest BCUT2D eigenvalue weighted by Gasteiger charge is 2.34. The van der Waals surface area contributed by atoms with E-state index in [1.165, 1.54) is 0 Å². The van der Waals surface area contributed by atoms with E-state index in [9.17, 15) is 9.59 Å². The molecule has 2 rings (SSSR count). The Morgan fingerprint density at radius 3 is 2.50 bits per heavy atom. The van der Waals surface area contributed by atoms with Gasteiger partial charge in [-0.25, -0.2) is 0 Å². The van der Waals surface area contributed by atoms with Crippen molar-refractivity contribution in [3.8, 4) is 0 Å². The van der Waals surface area contributed by atoms with Crippen LogP contribution in [-0.2, 0) is 16.0 Å². The van der Waals surface area contributed by atoms with Crippen LogP contribution < -0.4 is 5.32 Å². The standard InChI is InChI=1S/C14H17NO3/c16-13(7-6-10-4-2-1-3-5-10)15-12-8-11(9-12)14(17)18/h1-5,11-12H,6-9H2,(H,15,16)(H,17,18). The molecular weight excluding hydrogens is 230 g/mol. The fraction of sp³-hybridized carbons (Fsp3) is 0.429. The lowest BCUT2D eigenvalue weighted by molar-refractivity contribution is -0.146. The number of aliphatic carboxylic acids is 1. The highest BCUT2D eigenvalue weighted by atomic mass is 16.4. The molecule has 4 heteroatoms. The number of hydrogen-bond acceptors (Lipinski definition) is 2. The lowest BCUT2D eigenvalue weighted by Gasteiger charge is -2.32. The fourth-order valence-electron chi connectivity index (χ4n) is 2.14. The van der Waals surface area contributed by atoms with E-state index >= 15 is 0 Å². The number of carbonyl (C=O) groups is 2. The highest BCUT2D eigenvalue weighted by Crippen LogP contribution is 2.27. The van der Waals surface area contributed by atoms with Crippen molar-refractivity contribution in [2.75, 3.05) is 0 Å². The molecule has 0 atom stereocenters. The number of amides is 1. The SMILES string of the molecule is O=C(CCc1ccccc1)NC1CC(C(=O)O)C1. The predicted octanol–water partition coefficient (Wildman–Crippen LogP) is 1.60. The van der Waals surface area contributed by atoms with Crippen LogP contribution in [0.5, 0.6) is 0 Å². The van der Waals surface area contributed by atoms with Crippen LogP contribution in [0.3, 0.4) is 0 Å². The van der Waals surface area contributed by atoms with Gasteiger partial charge in [-0.3, -0.25) is 9.59 Å². The lowest BCUT2D eigenvalue weighted by Crippen LogP contribution is -2.46. The average molecular weight is 247 g/mol. The zero-order valence-electron chi connectivity index (χ0n) is 10.1. The molecule has 18 heavy (non-hydrogen) atoms. The van der Waals surface area contributed by atoms with Crippen molar-refractivity contribution in [3.05, 3.63) is 35.9 Å². The second-order valence-corrected chi connectivity index (χ2v) is 4.76. The fourth-order valence-corrected chi connectivity index (χ4v) is 2.14. The Bertz CT molecular complexity index is 424. The van der Waals surface area contributed by atoms with Crippen LogP contribution in [0.4, 0.5) is 0 Å². The number of benzene rings is 1. The minimum atomic E-state index is -0.759. The van der Waals surface area contributed by atoms with Crippen LogP contribution in [0.2, 0.25) is 0 Å². The molecule has 0 unspecified atom stereocenters. The second kappa shape index (κ2) is 5.67. The maximum Gasteiger partial charge on any atom is 0.306 e. The molecule has 2 N–H and O–H groups in total. The molecule has 1 aliphatic carbocycles. The molecule has 4 nitrogen and oxygen atoms in total. The van der Waals surface area contributed by atoms with E-state index in [1.807, 2.05) is 30.3 Å². The minimum absolute atomic E-state index is 0.00712. The summed E-state index contributed by atoms with van der Waals surface area (Å²) in [4.78, 5) is 22.2. The molecular formula is C14H17NO3. The molecule has 1 saturated carbocycles. The van der Waals surface area contributed by atoms with E-state index in [0.717, 1.165) is 12.0 Å². The third-order valence-corrected chi connectivity index (χ3v) is 3.34. The lowest BCUT2D eigenvalue weighted by atomic mass is 9.80. The molecule has 0 saturated heterocycles. The molecule has 0 bridgehead atoms. The Balaban J connectivity index is 1.66. The van der Waals surface area contributed by atoms with Crippen LogP contribution in [0, 0.1) is 5.92 Å². The minimum Gasteiger partial charge on any atom is -0.481 e. The largest absolute Gasteiger partial charge is 0.481 e. The van der Waals surface area contributed by atoms with Gasteiger partial charge in [-0.05, 0) is 24.8 Å². The van der Waals surface area contributed by atoms with Crippen LogP contribution >= 0.6 is 0 Å². The summed E-state index contributed by atoms with van der Waals surface area (Å²) < 4.78 is 0. The monoisotopic (exact) mass is 247 g/mol. The van der Waals surface area contributed by atoms with Gasteiger partial charge in [-0.15, -0.1) is 0 Å². The van der Waals surface area contributed by atoms with Crippen molar-refractivity contribution < 1.29 is 14.7 Å². The summed E-state index contributed by atoms with van der Waals surface area (Å²) in [5.74, 6) is -1.03. The Hall–Kier alpha value is -1.84. The van der Waals surface area contributed by atoms with E-state index in [2.05, 4.69) is 5.32 Å². The molecule has 0 spiro atoms. The molecule has 1 aliphatic rings. The first-order valence-corrected chi connectivity index (χ1v) is 6.21. The summed E-state index contributed by atoms with van der Waals surface area (Å²) in [7, 11) is 0. The van der Waals surface area contributed by atoms with Gasteiger partial charge in [0.1, 0.15) is 0 Å². The first-order chi connectivity index (χ1) is 8.65. The summed E-state index contributed by atoms with van der Waals surface area (Å²) in [6.07, 6.45) is 2.30.